The summed E-state index contributed by atoms with van der Waals surface area (Å²) in [6, 6.07) is 4.30. The maximum Gasteiger partial charge on any atom is 0.417 e. The van der Waals surface area contributed by atoms with Crippen molar-refractivity contribution < 1.29 is 22.4 Å². The van der Waals surface area contributed by atoms with Gasteiger partial charge >= 0.3 is 6.18 Å². The number of hydrogen-bond acceptors (Lipinski definition) is 2. The Labute approximate surface area is 138 Å². The third-order valence-corrected chi connectivity index (χ3v) is 3.54. The van der Waals surface area contributed by atoms with Gasteiger partial charge in [0.05, 0.1) is 21.2 Å². The van der Waals surface area contributed by atoms with Gasteiger partial charge in [0, 0.05) is 13.2 Å². The van der Waals surface area contributed by atoms with Crippen LogP contribution in [0, 0.1) is 5.82 Å². The Morgan fingerprint density at radius 1 is 1.22 bits per heavy atom. The van der Waals surface area contributed by atoms with E-state index in [2.05, 4.69) is 4.98 Å². The lowest BCUT2D eigenvalue weighted by atomic mass is 10.2. The van der Waals surface area contributed by atoms with Crippen molar-refractivity contribution in [2.75, 3.05) is 11.9 Å². The molecule has 0 radical (unpaired) electrons. The van der Waals surface area contributed by atoms with Crippen molar-refractivity contribution in [2.45, 2.75) is 6.18 Å². The van der Waals surface area contributed by atoms with Crippen LogP contribution in [0.5, 0.6) is 0 Å². The molecule has 0 unspecified atom stereocenters. The van der Waals surface area contributed by atoms with Crippen molar-refractivity contribution in [2.24, 2.45) is 0 Å². The van der Waals surface area contributed by atoms with Gasteiger partial charge in [-0.15, -0.1) is 0 Å². The van der Waals surface area contributed by atoms with E-state index < -0.39 is 34.1 Å². The smallest absolute Gasteiger partial charge is 0.294 e. The predicted octanol–water partition coefficient (Wildman–Crippen LogP) is 4.82. The van der Waals surface area contributed by atoms with E-state index in [0.717, 1.165) is 11.0 Å². The molecule has 0 saturated carbocycles. The average Bonchev–Trinajstić information content (AvgIpc) is 2.45. The molecule has 0 aliphatic carbocycles. The molecule has 23 heavy (non-hydrogen) atoms. The molecular formula is C14H8Cl2F4N2O. The zero-order valence-electron chi connectivity index (χ0n) is 11.5. The number of carbonyl (C=O) groups is 1. The van der Waals surface area contributed by atoms with E-state index in [1.807, 2.05) is 0 Å². The maximum atomic E-state index is 13.8. The molecule has 122 valence electrons. The summed E-state index contributed by atoms with van der Waals surface area (Å²) in [6.07, 6.45) is -4.08. The molecule has 1 aromatic carbocycles. The molecule has 0 fully saturated rings. The molecule has 0 aliphatic heterocycles. The zero-order chi connectivity index (χ0) is 17.4. The largest absolute Gasteiger partial charge is 0.417 e. The average molecular weight is 367 g/mol. The van der Waals surface area contributed by atoms with Gasteiger partial charge in [0.25, 0.3) is 5.91 Å². The SMILES string of the molecule is CN(C(=O)c1c(F)cccc1Cl)c1ncc(C(F)(F)F)cc1Cl. The summed E-state index contributed by atoms with van der Waals surface area (Å²) in [5.41, 5.74) is -1.48. The molecule has 2 rings (SSSR count). The minimum Gasteiger partial charge on any atom is -0.294 e. The lowest BCUT2D eigenvalue weighted by Gasteiger charge is -2.19. The van der Waals surface area contributed by atoms with E-state index in [-0.39, 0.29) is 10.8 Å². The van der Waals surface area contributed by atoms with Gasteiger partial charge in [-0.25, -0.2) is 9.37 Å². The first-order valence-corrected chi connectivity index (χ1v) is 6.83. The number of halogens is 6. The normalized spacial score (nSPS) is 11.4. The number of hydrogen-bond donors (Lipinski definition) is 0. The van der Waals surface area contributed by atoms with Crippen LogP contribution in [0.25, 0.3) is 0 Å². The van der Waals surface area contributed by atoms with Gasteiger partial charge in [0.2, 0.25) is 0 Å². The van der Waals surface area contributed by atoms with E-state index in [1.54, 1.807) is 0 Å². The number of rotatable bonds is 2. The molecule has 1 amide bonds. The first-order valence-electron chi connectivity index (χ1n) is 6.07. The Morgan fingerprint density at radius 2 is 1.87 bits per heavy atom. The van der Waals surface area contributed by atoms with Crippen molar-refractivity contribution in [3.63, 3.8) is 0 Å². The van der Waals surface area contributed by atoms with E-state index in [1.165, 1.54) is 19.2 Å². The van der Waals surface area contributed by atoms with Crippen LogP contribution in [0.1, 0.15) is 15.9 Å². The van der Waals surface area contributed by atoms with Crippen molar-refractivity contribution in [1.82, 2.24) is 4.98 Å². The fourth-order valence-corrected chi connectivity index (χ4v) is 2.34. The van der Waals surface area contributed by atoms with Crippen LogP contribution in [0.15, 0.2) is 30.5 Å². The summed E-state index contributed by atoms with van der Waals surface area (Å²) in [6.45, 7) is 0. The summed E-state index contributed by atoms with van der Waals surface area (Å²) in [5, 5.41) is -0.534. The first-order chi connectivity index (χ1) is 10.6. The van der Waals surface area contributed by atoms with E-state index in [4.69, 9.17) is 23.2 Å². The fraction of sp³-hybridized carbons (Fsp3) is 0.143. The maximum absolute atomic E-state index is 13.8. The number of aromatic nitrogens is 1. The third kappa shape index (κ3) is 3.56. The molecule has 1 aromatic heterocycles. The molecule has 3 nitrogen and oxygen atoms in total. The molecule has 0 atom stereocenters. The molecule has 0 spiro atoms. The Morgan fingerprint density at radius 3 is 2.39 bits per heavy atom. The summed E-state index contributed by atoms with van der Waals surface area (Å²) in [4.78, 5) is 16.7. The van der Waals surface area contributed by atoms with Gasteiger partial charge in [0.15, 0.2) is 5.82 Å². The Bertz CT molecular complexity index is 745. The Balaban J connectivity index is 2.41. The highest BCUT2D eigenvalue weighted by molar-refractivity contribution is 6.36. The van der Waals surface area contributed by atoms with E-state index in [9.17, 15) is 22.4 Å². The third-order valence-electron chi connectivity index (χ3n) is 2.95. The van der Waals surface area contributed by atoms with Gasteiger partial charge in [0.1, 0.15) is 5.82 Å². The molecule has 9 heteroatoms. The molecule has 1 heterocycles. The van der Waals surface area contributed by atoms with E-state index in [0.29, 0.717) is 12.3 Å². The summed E-state index contributed by atoms with van der Waals surface area (Å²) >= 11 is 11.5. The van der Waals surface area contributed by atoms with Gasteiger partial charge in [-0.3, -0.25) is 9.69 Å². The Hall–Kier alpha value is -1.86. The predicted molar refractivity (Wildman–Crippen MR) is 78.4 cm³/mol. The van der Waals surface area contributed by atoms with Crippen LogP contribution >= 0.6 is 23.2 Å². The Kier molecular flexibility index (Phi) is 4.81. The molecule has 0 N–H and O–H groups in total. The second-order valence-corrected chi connectivity index (χ2v) is 5.30. The molecule has 0 bridgehead atoms. The summed E-state index contributed by atoms with van der Waals surface area (Å²) in [5.74, 6) is -2.00. The van der Waals surface area contributed by atoms with Gasteiger partial charge < -0.3 is 0 Å². The second kappa shape index (κ2) is 6.33. The molecule has 0 aliphatic rings. The van der Waals surface area contributed by atoms with Gasteiger partial charge in [-0.2, -0.15) is 13.2 Å². The lowest BCUT2D eigenvalue weighted by molar-refractivity contribution is -0.137. The van der Waals surface area contributed by atoms with Crippen LogP contribution in [-0.2, 0) is 6.18 Å². The second-order valence-electron chi connectivity index (χ2n) is 4.49. The van der Waals surface area contributed by atoms with Crippen molar-refractivity contribution in [1.29, 1.82) is 0 Å². The number of pyridine rings is 1. The minimum absolute atomic E-state index is 0.134. The van der Waals surface area contributed by atoms with Crippen LogP contribution in [-0.4, -0.2) is 17.9 Å². The number of amides is 1. The molecular weight excluding hydrogens is 359 g/mol. The number of anilines is 1. The number of alkyl halides is 3. The van der Waals surface area contributed by atoms with Gasteiger partial charge in [-0.1, -0.05) is 29.3 Å². The van der Waals surface area contributed by atoms with Crippen molar-refractivity contribution >= 4 is 34.9 Å². The highest BCUT2D eigenvalue weighted by Crippen LogP contribution is 2.34. The van der Waals surface area contributed by atoms with Crippen LogP contribution in [0.4, 0.5) is 23.4 Å². The first kappa shape index (κ1) is 17.5. The molecule has 2 aromatic rings. The van der Waals surface area contributed by atoms with Crippen molar-refractivity contribution in [3.8, 4) is 0 Å². The summed E-state index contributed by atoms with van der Waals surface area (Å²) < 4.78 is 51.5. The van der Waals surface area contributed by atoms with Crippen LogP contribution < -0.4 is 4.90 Å². The van der Waals surface area contributed by atoms with Crippen LogP contribution in [0.3, 0.4) is 0 Å². The molecule has 0 saturated heterocycles. The van der Waals surface area contributed by atoms with E-state index >= 15 is 0 Å². The zero-order valence-corrected chi connectivity index (χ0v) is 13.0. The highest BCUT2D eigenvalue weighted by atomic mass is 35.5. The summed E-state index contributed by atoms with van der Waals surface area (Å²) in [7, 11) is 1.20. The number of nitrogens with zero attached hydrogens (tertiary/aromatic N) is 2. The number of carbonyl (C=O) groups excluding carboxylic acids is 1. The monoisotopic (exact) mass is 366 g/mol. The minimum atomic E-state index is -4.62. The fourth-order valence-electron chi connectivity index (χ4n) is 1.80. The quantitative estimate of drug-likeness (QED) is 0.713. The lowest BCUT2D eigenvalue weighted by Crippen LogP contribution is -2.28. The van der Waals surface area contributed by atoms with Gasteiger partial charge in [-0.05, 0) is 18.2 Å². The topological polar surface area (TPSA) is 33.2 Å². The number of benzene rings is 1. The standard InChI is InChI=1S/C14H8Cl2F4N2O/c1-22(13(23)11-8(15)3-2-4-10(11)17)12-9(16)5-7(6-21-12)14(18,19)20/h2-6H,1H3. The van der Waals surface area contributed by atoms with Crippen LogP contribution in [0.2, 0.25) is 10.0 Å². The van der Waals surface area contributed by atoms with Crippen molar-refractivity contribution in [3.05, 3.63) is 57.5 Å². The highest BCUT2D eigenvalue weighted by Gasteiger charge is 2.32.